The molecule has 7 heteroatoms. The second kappa shape index (κ2) is 9.26. The Balaban J connectivity index is 1.61. The summed E-state index contributed by atoms with van der Waals surface area (Å²) in [4.78, 5) is 25.5. The highest BCUT2D eigenvalue weighted by atomic mass is 16.5. The van der Waals surface area contributed by atoms with Crippen molar-refractivity contribution >= 4 is 17.5 Å². The number of para-hydroxylation sites is 1. The predicted octanol–water partition coefficient (Wildman–Crippen LogP) is 1.89. The molecule has 1 N–H and O–H groups in total. The van der Waals surface area contributed by atoms with Crippen LogP contribution in [0.2, 0.25) is 0 Å². The highest BCUT2D eigenvalue weighted by molar-refractivity contribution is 6.04. The first kappa shape index (κ1) is 18.3. The zero-order chi connectivity index (χ0) is 18.2. The number of benzene rings is 1. The highest BCUT2D eigenvalue weighted by Gasteiger charge is 2.18. The summed E-state index contributed by atoms with van der Waals surface area (Å²) in [6.45, 7) is 7.62. The average molecular weight is 355 g/mol. The van der Waals surface area contributed by atoms with Gasteiger partial charge in [-0.3, -0.25) is 9.69 Å². The number of carbonyl (C=O) groups is 1. The number of nitrogens with one attached hydrogen (secondary N) is 1. The summed E-state index contributed by atoms with van der Waals surface area (Å²) in [5, 5.41) is 3.21. The Morgan fingerprint density at radius 3 is 2.73 bits per heavy atom. The van der Waals surface area contributed by atoms with Crippen LogP contribution in [-0.2, 0) is 4.74 Å². The van der Waals surface area contributed by atoms with Gasteiger partial charge in [0.2, 0.25) is 5.95 Å². The minimum atomic E-state index is -0.127. The number of aromatic nitrogens is 2. The van der Waals surface area contributed by atoms with Crippen molar-refractivity contribution in [2.75, 3.05) is 56.2 Å². The van der Waals surface area contributed by atoms with Gasteiger partial charge in [-0.05, 0) is 25.1 Å². The Morgan fingerprint density at radius 1 is 1.23 bits per heavy atom. The summed E-state index contributed by atoms with van der Waals surface area (Å²) in [7, 11) is 0. The van der Waals surface area contributed by atoms with Gasteiger partial charge in [-0.25, -0.2) is 9.97 Å². The molecule has 1 aromatic carbocycles. The quantitative estimate of drug-likeness (QED) is 0.818. The first-order valence-corrected chi connectivity index (χ1v) is 9.02. The van der Waals surface area contributed by atoms with Crippen LogP contribution >= 0.6 is 0 Å². The normalized spacial score (nSPS) is 14.8. The zero-order valence-electron chi connectivity index (χ0n) is 15.1. The van der Waals surface area contributed by atoms with E-state index in [1.165, 1.54) is 0 Å². The predicted molar refractivity (Wildman–Crippen MR) is 102 cm³/mol. The fourth-order valence-corrected chi connectivity index (χ4v) is 2.90. The van der Waals surface area contributed by atoms with Gasteiger partial charge in [-0.2, -0.15) is 0 Å². The number of ether oxygens (including phenoxy) is 1. The first-order chi connectivity index (χ1) is 12.8. The van der Waals surface area contributed by atoms with Crippen molar-refractivity contribution in [3.63, 3.8) is 0 Å². The molecule has 0 aliphatic carbocycles. The molecule has 0 atom stereocenters. The van der Waals surface area contributed by atoms with Gasteiger partial charge in [-0.15, -0.1) is 0 Å². The van der Waals surface area contributed by atoms with Gasteiger partial charge < -0.3 is 15.0 Å². The molecule has 138 valence electrons. The van der Waals surface area contributed by atoms with Crippen LogP contribution in [0.25, 0.3) is 0 Å². The van der Waals surface area contributed by atoms with Crippen LogP contribution in [0, 0.1) is 0 Å². The van der Waals surface area contributed by atoms with E-state index in [9.17, 15) is 4.79 Å². The fourth-order valence-electron chi connectivity index (χ4n) is 2.90. The lowest BCUT2D eigenvalue weighted by atomic mass is 10.2. The molecule has 0 bridgehead atoms. The second-order valence-electron chi connectivity index (χ2n) is 6.03. The van der Waals surface area contributed by atoms with Gasteiger partial charge in [0.05, 0.1) is 13.2 Å². The topological polar surface area (TPSA) is 70.6 Å². The van der Waals surface area contributed by atoms with Crippen LogP contribution in [0.5, 0.6) is 0 Å². The molecule has 0 saturated carbocycles. The molecule has 1 saturated heterocycles. The molecule has 0 unspecified atom stereocenters. The molecule has 3 rings (SSSR count). The van der Waals surface area contributed by atoms with Gasteiger partial charge in [0, 0.05) is 44.6 Å². The van der Waals surface area contributed by atoms with Crippen LogP contribution in [0.4, 0.5) is 11.6 Å². The number of morpholine rings is 1. The number of hydrogen-bond acceptors (Lipinski definition) is 6. The van der Waals surface area contributed by atoms with Gasteiger partial charge >= 0.3 is 0 Å². The largest absolute Gasteiger partial charge is 0.379 e. The van der Waals surface area contributed by atoms with E-state index < -0.39 is 0 Å². The molecule has 7 nitrogen and oxygen atoms in total. The lowest BCUT2D eigenvalue weighted by Crippen LogP contribution is -2.39. The van der Waals surface area contributed by atoms with E-state index in [4.69, 9.17) is 4.74 Å². The van der Waals surface area contributed by atoms with E-state index in [0.717, 1.165) is 45.1 Å². The fraction of sp³-hybridized carbons (Fsp3) is 0.421. The number of hydrogen-bond donors (Lipinski definition) is 1. The van der Waals surface area contributed by atoms with Gasteiger partial charge in [0.15, 0.2) is 0 Å². The van der Waals surface area contributed by atoms with Crippen LogP contribution in [-0.4, -0.2) is 66.7 Å². The van der Waals surface area contributed by atoms with Crippen molar-refractivity contribution in [3.05, 3.63) is 48.3 Å². The minimum absolute atomic E-state index is 0.127. The highest BCUT2D eigenvalue weighted by Crippen LogP contribution is 2.16. The molecule has 2 aromatic rings. The Bertz CT molecular complexity index is 704. The van der Waals surface area contributed by atoms with Crippen molar-refractivity contribution < 1.29 is 9.53 Å². The van der Waals surface area contributed by atoms with Gasteiger partial charge in [0.1, 0.15) is 5.69 Å². The zero-order valence-corrected chi connectivity index (χ0v) is 15.1. The van der Waals surface area contributed by atoms with Crippen molar-refractivity contribution in [2.24, 2.45) is 0 Å². The van der Waals surface area contributed by atoms with E-state index in [0.29, 0.717) is 18.2 Å². The molecule has 1 aromatic heterocycles. The first-order valence-electron chi connectivity index (χ1n) is 9.02. The van der Waals surface area contributed by atoms with Crippen LogP contribution in [0.1, 0.15) is 17.4 Å². The molecule has 1 amide bonds. The summed E-state index contributed by atoms with van der Waals surface area (Å²) in [5.74, 6) is 0.352. The number of anilines is 2. The van der Waals surface area contributed by atoms with Crippen LogP contribution in [0.15, 0.2) is 42.6 Å². The molecular weight excluding hydrogens is 330 g/mol. The second-order valence-corrected chi connectivity index (χ2v) is 6.03. The van der Waals surface area contributed by atoms with Gasteiger partial charge in [0.25, 0.3) is 5.91 Å². The smallest absolute Gasteiger partial charge is 0.277 e. The molecular formula is C19H25N5O2. The third kappa shape index (κ3) is 4.77. The third-order valence-corrected chi connectivity index (χ3v) is 4.32. The Morgan fingerprint density at radius 2 is 2.00 bits per heavy atom. The third-order valence-electron chi connectivity index (χ3n) is 4.32. The molecule has 2 heterocycles. The van der Waals surface area contributed by atoms with E-state index in [2.05, 4.69) is 20.2 Å². The Labute approximate surface area is 154 Å². The summed E-state index contributed by atoms with van der Waals surface area (Å²) in [6.07, 6.45) is 1.62. The van der Waals surface area contributed by atoms with E-state index >= 15 is 0 Å². The lowest BCUT2D eigenvalue weighted by molar-refractivity contribution is 0.0398. The maximum absolute atomic E-state index is 12.8. The summed E-state index contributed by atoms with van der Waals surface area (Å²) >= 11 is 0. The van der Waals surface area contributed by atoms with Crippen molar-refractivity contribution in [3.8, 4) is 0 Å². The number of nitrogens with zero attached hydrogens (tertiary/aromatic N) is 4. The van der Waals surface area contributed by atoms with Crippen molar-refractivity contribution in [1.82, 2.24) is 14.9 Å². The number of rotatable bonds is 7. The lowest BCUT2D eigenvalue weighted by Gasteiger charge is -2.26. The van der Waals surface area contributed by atoms with E-state index in [1.807, 2.05) is 37.3 Å². The van der Waals surface area contributed by atoms with Crippen molar-refractivity contribution in [2.45, 2.75) is 6.92 Å². The minimum Gasteiger partial charge on any atom is -0.379 e. The maximum Gasteiger partial charge on any atom is 0.277 e. The Kier molecular flexibility index (Phi) is 6.51. The molecule has 1 aliphatic heterocycles. The van der Waals surface area contributed by atoms with Gasteiger partial charge in [-0.1, -0.05) is 18.2 Å². The number of amides is 1. The summed E-state index contributed by atoms with van der Waals surface area (Å²) in [5.41, 5.74) is 1.25. The van der Waals surface area contributed by atoms with E-state index in [1.54, 1.807) is 17.2 Å². The SMILES string of the molecule is CCN(C(=O)c1ccnc(NCCN2CCOCC2)n1)c1ccccc1. The molecule has 26 heavy (non-hydrogen) atoms. The standard InChI is InChI=1S/C19H25N5O2/c1-2-24(16-6-4-3-5-7-16)18(25)17-8-9-20-19(22-17)21-10-11-23-12-14-26-15-13-23/h3-9H,2,10-15H2,1H3,(H,20,21,22). The molecule has 0 radical (unpaired) electrons. The Hall–Kier alpha value is -2.51. The molecule has 1 aliphatic rings. The van der Waals surface area contributed by atoms with E-state index in [-0.39, 0.29) is 5.91 Å². The maximum atomic E-state index is 12.8. The molecule has 1 fully saturated rings. The van der Waals surface area contributed by atoms with Crippen LogP contribution < -0.4 is 10.2 Å². The number of carbonyl (C=O) groups excluding carboxylic acids is 1. The van der Waals surface area contributed by atoms with Crippen molar-refractivity contribution in [1.29, 1.82) is 0 Å². The summed E-state index contributed by atoms with van der Waals surface area (Å²) < 4.78 is 5.35. The monoisotopic (exact) mass is 355 g/mol. The average Bonchev–Trinajstić information content (AvgIpc) is 2.70. The summed E-state index contributed by atoms with van der Waals surface area (Å²) in [6, 6.07) is 11.3. The molecule has 0 spiro atoms. The van der Waals surface area contributed by atoms with Crippen LogP contribution in [0.3, 0.4) is 0 Å².